The maximum atomic E-state index is 6.10. The Labute approximate surface area is 122 Å². The number of nitrogens with zero attached hydrogens (tertiary/aromatic N) is 2. The number of pyridine rings is 2. The SMILES string of the molecule is Cc1cnc(Cl)c(NCc2cccc3cnccc23)c1. The fourth-order valence-corrected chi connectivity index (χ4v) is 2.38. The lowest BCUT2D eigenvalue weighted by molar-refractivity contribution is 1.14. The molecule has 3 aromatic rings. The highest BCUT2D eigenvalue weighted by Gasteiger charge is 2.04. The second kappa shape index (κ2) is 5.47. The predicted octanol–water partition coefficient (Wildman–Crippen LogP) is 4.20. The summed E-state index contributed by atoms with van der Waals surface area (Å²) < 4.78 is 0. The van der Waals surface area contributed by atoms with E-state index in [0.717, 1.165) is 16.6 Å². The van der Waals surface area contributed by atoms with Crippen LogP contribution in [0.5, 0.6) is 0 Å². The van der Waals surface area contributed by atoms with E-state index in [2.05, 4.69) is 27.4 Å². The van der Waals surface area contributed by atoms with Gasteiger partial charge in [-0.05, 0) is 35.6 Å². The third-order valence-electron chi connectivity index (χ3n) is 3.22. The lowest BCUT2D eigenvalue weighted by Crippen LogP contribution is -2.01. The minimum atomic E-state index is 0.498. The van der Waals surface area contributed by atoms with E-state index in [1.54, 1.807) is 6.20 Å². The van der Waals surface area contributed by atoms with E-state index in [1.165, 1.54) is 10.9 Å². The van der Waals surface area contributed by atoms with Crippen LogP contribution in [0.3, 0.4) is 0 Å². The Balaban J connectivity index is 1.89. The zero-order valence-electron chi connectivity index (χ0n) is 11.1. The first-order valence-corrected chi connectivity index (χ1v) is 6.79. The number of anilines is 1. The normalized spacial score (nSPS) is 10.7. The van der Waals surface area contributed by atoms with Crippen LogP contribution in [-0.2, 0) is 6.54 Å². The molecule has 0 fully saturated rings. The van der Waals surface area contributed by atoms with Gasteiger partial charge in [-0.1, -0.05) is 29.8 Å². The molecule has 3 nitrogen and oxygen atoms in total. The Hall–Kier alpha value is -2.13. The van der Waals surface area contributed by atoms with Gasteiger partial charge in [-0.3, -0.25) is 4.98 Å². The molecule has 0 unspecified atom stereocenters. The topological polar surface area (TPSA) is 37.8 Å². The van der Waals surface area contributed by atoms with Crippen molar-refractivity contribution in [3.63, 3.8) is 0 Å². The van der Waals surface area contributed by atoms with Crippen molar-refractivity contribution in [2.24, 2.45) is 0 Å². The highest BCUT2D eigenvalue weighted by atomic mass is 35.5. The number of halogens is 1. The molecule has 100 valence electrons. The van der Waals surface area contributed by atoms with Gasteiger partial charge in [0.05, 0.1) is 5.69 Å². The summed E-state index contributed by atoms with van der Waals surface area (Å²) in [7, 11) is 0. The molecule has 1 aromatic carbocycles. The van der Waals surface area contributed by atoms with E-state index >= 15 is 0 Å². The zero-order valence-corrected chi connectivity index (χ0v) is 11.9. The fourth-order valence-electron chi connectivity index (χ4n) is 2.21. The number of aromatic nitrogens is 2. The van der Waals surface area contributed by atoms with Crippen LogP contribution in [0.1, 0.15) is 11.1 Å². The first kappa shape index (κ1) is 12.9. The minimum absolute atomic E-state index is 0.498. The summed E-state index contributed by atoms with van der Waals surface area (Å²) in [6.45, 7) is 2.70. The molecule has 0 saturated heterocycles. The molecule has 1 N–H and O–H groups in total. The standard InChI is InChI=1S/C16H14ClN3/c1-11-7-15(16(17)20-8-11)19-10-13-4-2-3-12-9-18-6-5-14(12)13/h2-9,19H,10H2,1H3. The molecule has 2 heterocycles. The molecule has 0 bridgehead atoms. The Morgan fingerprint density at radius 3 is 3.00 bits per heavy atom. The lowest BCUT2D eigenvalue weighted by atomic mass is 10.1. The van der Waals surface area contributed by atoms with Crippen LogP contribution in [0.2, 0.25) is 5.15 Å². The molecule has 0 aliphatic carbocycles. The summed E-state index contributed by atoms with van der Waals surface area (Å²) in [4.78, 5) is 8.29. The van der Waals surface area contributed by atoms with Crippen molar-refractivity contribution in [3.05, 3.63) is 65.2 Å². The number of benzene rings is 1. The van der Waals surface area contributed by atoms with Gasteiger partial charge in [0.1, 0.15) is 0 Å². The average molecular weight is 284 g/mol. The molecule has 0 amide bonds. The van der Waals surface area contributed by atoms with Crippen molar-refractivity contribution in [2.45, 2.75) is 13.5 Å². The van der Waals surface area contributed by atoms with Crippen molar-refractivity contribution in [2.75, 3.05) is 5.32 Å². The highest BCUT2D eigenvalue weighted by Crippen LogP contribution is 2.23. The summed E-state index contributed by atoms with van der Waals surface area (Å²) in [6.07, 6.45) is 5.45. The van der Waals surface area contributed by atoms with Crippen LogP contribution in [0.4, 0.5) is 5.69 Å². The smallest absolute Gasteiger partial charge is 0.152 e. The molecule has 0 atom stereocenters. The highest BCUT2D eigenvalue weighted by molar-refractivity contribution is 6.31. The van der Waals surface area contributed by atoms with E-state index in [0.29, 0.717) is 11.7 Å². The molecule has 20 heavy (non-hydrogen) atoms. The van der Waals surface area contributed by atoms with E-state index in [4.69, 9.17) is 11.6 Å². The fraction of sp³-hybridized carbons (Fsp3) is 0.125. The van der Waals surface area contributed by atoms with Crippen molar-refractivity contribution < 1.29 is 0 Å². The van der Waals surface area contributed by atoms with Crippen molar-refractivity contribution in [1.29, 1.82) is 0 Å². The van der Waals surface area contributed by atoms with Gasteiger partial charge in [-0.2, -0.15) is 0 Å². The first-order chi connectivity index (χ1) is 9.74. The van der Waals surface area contributed by atoms with Gasteiger partial charge >= 0.3 is 0 Å². The Bertz CT molecular complexity index is 750. The lowest BCUT2D eigenvalue weighted by Gasteiger charge is -2.10. The number of hydrogen-bond donors (Lipinski definition) is 1. The molecule has 0 saturated carbocycles. The first-order valence-electron chi connectivity index (χ1n) is 6.42. The average Bonchev–Trinajstić information content (AvgIpc) is 2.48. The largest absolute Gasteiger partial charge is 0.378 e. The summed E-state index contributed by atoms with van der Waals surface area (Å²) in [5.74, 6) is 0. The number of fused-ring (bicyclic) bond motifs is 1. The van der Waals surface area contributed by atoms with Crippen molar-refractivity contribution >= 4 is 28.1 Å². The van der Waals surface area contributed by atoms with Gasteiger partial charge in [-0.25, -0.2) is 4.98 Å². The number of aryl methyl sites for hydroxylation is 1. The van der Waals surface area contributed by atoms with Gasteiger partial charge in [0, 0.05) is 30.5 Å². The molecular formula is C16H14ClN3. The van der Waals surface area contributed by atoms with Crippen molar-refractivity contribution in [1.82, 2.24) is 9.97 Å². The van der Waals surface area contributed by atoms with Crippen LogP contribution in [0.25, 0.3) is 10.8 Å². The van der Waals surface area contributed by atoms with E-state index in [-0.39, 0.29) is 0 Å². The number of rotatable bonds is 3. The number of hydrogen-bond acceptors (Lipinski definition) is 3. The van der Waals surface area contributed by atoms with Crippen LogP contribution in [0.15, 0.2) is 48.9 Å². The second-order valence-corrected chi connectivity index (χ2v) is 5.08. The third-order valence-corrected chi connectivity index (χ3v) is 3.52. The molecule has 0 spiro atoms. The molecular weight excluding hydrogens is 270 g/mol. The Kier molecular flexibility index (Phi) is 3.52. The van der Waals surface area contributed by atoms with Crippen LogP contribution >= 0.6 is 11.6 Å². The van der Waals surface area contributed by atoms with Gasteiger partial charge in [0.2, 0.25) is 0 Å². The summed E-state index contributed by atoms with van der Waals surface area (Å²) in [5.41, 5.74) is 3.15. The summed E-state index contributed by atoms with van der Waals surface area (Å²) in [6, 6.07) is 10.2. The maximum absolute atomic E-state index is 6.10. The quantitative estimate of drug-likeness (QED) is 0.732. The predicted molar refractivity (Wildman–Crippen MR) is 83.1 cm³/mol. The maximum Gasteiger partial charge on any atom is 0.152 e. The van der Waals surface area contributed by atoms with Crippen LogP contribution in [0, 0.1) is 6.92 Å². The molecule has 0 aliphatic rings. The summed E-state index contributed by atoms with van der Waals surface area (Å²) >= 11 is 6.10. The Morgan fingerprint density at radius 1 is 1.20 bits per heavy atom. The van der Waals surface area contributed by atoms with E-state index in [9.17, 15) is 0 Å². The van der Waals surface area contributed by atoms with Crippen LogP contribution in [-0.4, -0.2) is 9.97 Å². The molecule has 4 heteroatoms. The Morgan fingerprint density at radius 2 is 2.10 bits per heavy atom. The van der Waals surface area contributed by atoms with E-state index < -0.39 is 0 Å². The number of nitrogens with one attached hydrogen (secondary N) is 1. The molecule has 3 rings (SSSR count). The minimum Gasteiger partial charge on any atom is -0.378 e. The van der Waals surface area contributed by atoms with Gasteiger partial charge < -0.3 is 5.32 Å². The summed E-state index contributed by atoms with van der Waals surface area (Å²) in [5, 5.41) is 6.18. The van der Waals surface area contributed by atoms with E-state index in [1.807, 2.05) is 37.5 Å². The van der Waals surface area contributed by atoms with Gasteiger partial charge in [0.15, 0.2) is 5.15 Å². The zero-order chi connectivity index (χ0) is 13.9. The monoisotopic (exact) mass is 283 g/mol. The molecule has 2 aromatic heterocycles. The van der Waals surface area contributed by atoms with Crippen LogP contribution < -0.4 is 5.32 Å². The van der Waals surface area contributed by atoms with Crippen molar-refractivity contribution in [3.8, 4) is 0 Å². The second-order valence-electron chi connectivity index (χ2n) is 4.72. The third kappa shape index (κ3) is 2.58. The van der Waals surface area contributed by atoms with Gasteiger partial charge in [-0.15, -0.1) is 0 Å². The van der Waals surface area contributed by atoms with Gasteiger partial charge in [0.25, 0.3) is 0 Å². The molecule has 0 radical (unpaired) electrons. The molecule has 0 aliphatic heterocycles.